The molecule has 3 nitrogen and oxygen atoms in total. The number of nitrogens with one attached hydrogen (secondary N) is 1. The van der Waals surface area contributed by atoms with Gasteiger partial charge < -0.3 is 4.90 Å². The zero-order valence-electron chi connectivity index (χ0n) is 12.3. The van der Waals surface area contributed by atoms with Gasteiger partial charge in [0.05, 0.1) is 12.2 Å². The highest BCUT2D eigenvalue weighted by atomic mass is 16.2. The van der Waals surface area contributed by atoms with Crippen molar-refractivity contribution in [1.29, 1.82) is 0 Å². The Bertz CT molecular complexity index is 312. The van der Waals surface area contributed by atoms with Crippen LogP contribution in [0.25, 0.3) is 0 Å². The summed E-state index contributed by atoms with van der Waals surface area (Å²) < 4.78 is 0. The van der Waals surface area contributed by atoms with Crippen molar-refractivity contribution in [3.05, 3.63) is 0 Å². The van der Waals surface area contributed by atoms with Crippen LogP contribution >= 0.6 is 0 Å². The highest BCUT2D eigenvalue weighted by molar-refractivity contribution is 5.84. The third kappa shape index (κ3) is 2.42. The van der Waals surface area contributed by atoms with Gasteiger partial charge in [0.25, 0.3) is 0 Å². The van der Waals surface area contributed by atoms with Crippen LogP contribution in [0.5, 0.6) is 0 Å². The maximum atomic E-state index is 12.6. The van der Waals surface area contributed by atoms with Crippen LogP contribution in [0, 0.1) is 11.3 Å². The van der Waals surface area contributed by atoms with Gasteiger partial charge in [0.15, 0.2) is 0 Å². The number of rotatable bonds is 5. The van der Waals surface area contributed by atoms with Gasteiger partial charge >= 0.3 is 0 Å². The van der Waals surface area contributed by atoms with Gasteiger partial charge in [-0.3, -0.25) is 10.1 Å². The fourth-order valence-corrected chi connectivity index (χ4v) is 3.22. The standard InChI is InChI=1S/C15H28N2O/c1-5-11(3)13-14(18)17(12(6-2)16-13)10-15(4)8-7-9-15/h11-13,16H,5-10H2,1-4H3. The molecule has 1 saturated carbocycles. The first-order chi connectivity index (χ1) is 8.50. The predicted octanol–water partition coefficient (Wildman–Crippen LogP) is 2.76. The topological polar surface area (TPSA) is 32.3 Å². The summed E-state index contributed by atoms with van der Waals surface area (Å²) in [6.07, 6.45) is 6.22. The molecule has 1 aliphatic carbocycles. The first-order valence-corrected chi connectivity index (χ1v) is 7.57. The number of hydrogen-bond donors (Lipinski definition) is 1. The lowest BCUT2D eigenvalue weighted by Crippen LogP contribution is -2.46. The largest absolute Gasteiger partial charge is 0.325 e. The molecule has 3 heteroatoms. The average Bonchev–Trinajstić information content (AvgIpc) is 2.64. The molecule has 3 atom stereocenters. The minimum Gasteiger partial charge on any atom is -0.325 e. The third-order valence-electron chi connectivity index (χ3n) is 5.01. The second-order valence-corrected chi connectivity index (χ2v) is 6.58. The van der Waals surface area contributed by atoms with E-state index in [0.717, 1.165) is 19.4 Å². The van der Waals surface area contributed by atoms with Crippen LogP contribution in [-0.4, -0.2) is 29.6 Å². The fourth-order valence-electron chi connectivity index (χ4n) is 3.22. The second-order valence-electron chi connectivity index (χ2n) is 6.58. The lowest BCUT2D eigenvalue weighted by molar-refractivity contribution is -0.133. The van der Waals surface area contributed by atoms with Crippen molar-refractivity contribution in [3.8, 4) is 0 Å². The molecule has 1 amide bonds. The van der Waals surface area contributed by atoms with E-state index in [9.17, 15) is 4.79 Å². The van der Waals surface area contributed by atoms with E-state index >= 15 is 0 Å². The number of nitrogens with zero attached hydrogens (tertiary/aromatic N) is 1. The Kier molecular flexibility index (Phi) is 4.00. The molecule has 1 N–H and O–H groups in total. The van der Waals surface area contributed by atoms with Crippen molar-refractivity contribution in [2.75, 3.05) is 6.54 Å². The number of amides is 1. The molecule has 0 radical (unpaired) electrons. The van der Waals surface area contributed by atoms with E-state index in [4.69, 9.17) is 0 Å². The highest BCUT2D eigenvalue weighted by Crippen LogP contribution is 2.42. The molecule has 0 aromatic heterocycles. The van der Waals surface area contributed by atoms with Crippen LogP contribution in [0.1, 0.15) is 59.8 Å². The Morgan fingerprint density at radius 3 is 2.56 bits per heavy atom. The quantitative estimate of drug-likeness (QED) is 0.816. The van der Waals surface area contributed by atoms with Gasteiger partial charge in [0.1, 0.15) is 0 Å². The van der Waals surface area contributed by atoms with E-state index in [2.05, 4.69) is 37.9 Å². The van der Waals surface area contributed by atoms with E-state index in [-0.39, 0.29) is 12.2 Å². The van der Waals surface area contributed by atoms with Crippen LogP contribution in [0.15, 0.2) is 0 Å². The van der Waals surface area contributed by atoms with E-state index in [1.165, 1.54) is 19.3 Å². The summed E-state index contributed by atoms with van der Waals surface area (Å²) in [5.41, 5.74) is 0.384. The number of carbonyl (C=O) groups excluding carboxylic acids is 1. The molecule has 1 heterocycles. The Morgan fingerprint density at radius 1 is 1.44 bits per heavy atom. The molecule has 1 aliphatic heterocycles. The molecule has 2 rings (SSSR count). The van der Waals surface area contributed by atoms with Gasteiger partial charge in [-0.1, -0.05) is 40.5 Å². The summed E-state index contributed by atoms with van der Waals surface area (Å²) in [5.74, 6) is 0.773. The maximum absolute atomic E-state index is 12.6. The van der Waals surface area contributed by atoms with Crippen LogP contribution in [0.3, 0.4) is 0 Å². The third-order valence-corrected chi connectivity index (χ3v) is 5.01. The number of hydrogen-bond acceptors (Lipinski definition) is 2. The molecular formula is C15H28N2O. The Morgan fingerprint density at radius 2 is 2.11 bits per heavy atom. The average molecular weight is 252 g/mol. The first-order valence-electron chi connectivity index (χ1n) is 7.57. The van der Waals surface area contributed by atoms with E-state index in [1.807, 2.05) is 0 Å². The van der Waals surface area contributed by atoms with Crippen molar-refractivity contribution in [2.45, 2.75) is 72.0 Å². The molecule has 2 aliphatic rings. The predicted molar refractivity (Wildman–Crippen MR) is 74.1 cm³/mol. The molecule has 18 heavy (non-hydrogen) atoms. The van der Waals surface area contributed by atoms with Gasteiger partial charge in [-0.2, -0.15) is 0 Å². The lowest BCUT2D eigenvalue weighted by atomic mass is 9.70. The van der Waals surface area contributed by atoms with Gasteiger partial charge in [-0.05, 0) is 30.6 Å². The lowest BCUT2D eigenvalue weighted by Gasteiger charge is -2.42. The molecule has 0 aromatic carbocycles. The normalized spacial score (nSPS) is 32.4. The zero-order valence-corrected chi connectivity index (χ0v) is 12.3. The van der Waals surface area contributed by atoms with Crippen molar-refractivity contribution in [2.24, 2.45) is 11.3 Å². The minimum atomic E-state index is 0.0450. The summed E-state index contributed by atoms with van der Waals surface area (Å²) >= 11 is 0. The molecule has 0 bridgehead atoms. The molecule has 0 aromatic rings. The van der Waals surface area contributed by atoms with E-state index in [0.29, 0.717) is 17.2 Å². The van der Waals surface area contributed by atoms with Gasteiger partial charge in [-0.25, -0.2) is 0 Å². The first kappa shape index (κ1) is 13.9. The molecule has 0 spiro atoms. The van der Waals surface area contributed by atoms with Crippen LogP contribution in [-0.2, 0) is 4.79 Å². The summed E-state index contributed by atoms with van der Waals surface area (Å²) in [5, 5.41) is 3.54. The van der Waals surface area contributed by atoms with Crippen LogP contribution < -0.4 is 5.32 Å². The van der Waals surface area contributed by atoms with Crippen molar-refractivity contribution in [1.82, 2.24) is 10.2 Å². The minimum absolute atomic E-state index is 0.0450. The van der Waals surface area contributed by atoms with E-state index in [1.54, 1.807) is 0 Å². The molecule has 3 unspecified atom stereocenters. The second kappa shape index (κ2) is 5.20. The smallest absolute Gasteiger partial charge is 0.241 e. The van der Waals surface area contributed by atoms with E-state index < -0.39 is 0 Å². The van der Waals surface area contributed by atoms with Crippen molar-refractivity contribution < 1.29 is 4.79 Å². The molecule has 104 valence electrons. The van der Waals surface area contributed by atoms with Gasteiger partial charge in [0.2, 0.25) is 5.91 Å². The Balaban J connectivity index is 2.05. The molecule has 2 fully saturated rings. The fraction of sp³-hybridized carbons (Fsp3) is 0.933. The summed E-state index contributed by atoms with van der Waals surface area (Å²) in [6.45, 7) is 9.78. The van der Waals surface area contributed by atoms with Gasteiger partial charge in [0, 0.05) is 6.54 Å². The molecule has 1 saturated heterocycles. The van der Waals surface area contributed by atoms with Gasteiger partial charge in [-0.15, -0.1) is 0 Å². The monoisotopic (exact) mass is 252 g/mol. The highest BCUT2D eigenvalue weighted by Gasteiger charge is 2.44. The van der Waals surface area contributed by atoms with Crippen LogP contribution in [0.4, 0.5) is 0 Å². The maximum Gasteiger partial charge on any atom is 0.241 e. The van der Waals surface area contributed by atoms with Crippen molar-refractivity contribution in [3.63, 3.8) is 0 Å². The Labute approximate surface area is 111 Å². The zero-order chi connectivity index (χ0) is 13.3. The number of carbonyl (C=O) groups is 1. The molecular weight excluding hydrogens is 224 g/mol. The van der Waals surface area contributed by atoms with Crippen molar-refractivity contribution >= 4 is 5.91 Å². The summed E-state index contributed by atoms with van der Waals surface area (Å²) in [7, 11) is 0. The Hall–Kier alpha value is -0.570. The summed E-state index contributed by atoms with van der Waals surface area (Å²) in [6, 6.07) is 0.0450. The SMILES string of the molecule is CCC(C)C1NC(CC)N(CC2(C)CCC2)C1=O. The summed E-state index contributed by atoms with van der Waals surface area (Å²) in [4.78, 5) is 14.7. The van der Waals surface area contributed by atoms with Crippen LogP contribution in [0.2, 0.25) is 0 Å².